The number of thiazole rings is 1. The summed E-state index contributed by atoms with van der Waals surface area (Å²) in [5.41, 5.74) is 0. The molecule has 0 aliphatic carbocycles. The number of nitrogens with zero attached hydrogens (tertiary/aromatic N) is 2. The van der Waals surface area contributed by atoms with Gasteiger partial charge in [0.2, 0.25) is 0 Å². The van der Waals surface area contributed by atoms with Crippen molar-refractivity contribution in [2.45, 2.75) is 25.3 Å². The predicted octanol–water partition coefficient (Wildman–Crippen LogP) is 1.59. The fourth-order valence-corrected chi connectivity index (χ4v) is 2.72. The molecule has 0 bridgehead atoms. The largest absolute Gasteiger partial charge is 0.303 e. The minimum Gasteiger partial charge on any atom is -0.303 e. The summed E-state index contributed by atoms with van der Waals surface area (Å²) in [4.78, 5) is 17.8. The smallest absolute Gasteiger partial charge is 0.161 e. The Kier molecular flexibility index (Phi) is 2.93. The van der Waals surface area contributed by atoms with Gasteiger partial charge >= 0.3 is 0 Å². The quantitative estimate of drug-likeness (QED) is 0.710. The number of carbonyl (C=O) groups excluding carboxylic acids is 1. The third-order valence-corrected chi connectivity index (χ3v) is 3.71. The lowest BCUT2D eigenvalue weighted by Crippen LogP contribution is -2.26. The second kappa shape index (κ2) is 4.19. The Balaban J connectivity index is 1.99. The SMILES string of the molecule is CN1CCCC1Cc1ncc(C=O)s1. The van der Waals surface area contributed by atoms with E-state index in [-0.39, 0.29) is 0 Å². The highest BCUT2D eigenvalue weighted by Crippen LogP contribution is 2.21. The molecule has 0 aromatic carbocycles. The van der Waals surface area contributed by atoms with Gasteiger partial charge in [-0.2, -0.15) is 0 Å². The van der Waals surface area contributed by atoms with E-state index < -0.39 is 0 Å². The van der Waals surface area contributed by atoms with E-state index in [9.17, 15) is 4.79 Å². The molecule has 1 fully saturated rings. The van der Waals surface area contributed by atoms with Crippen LogP contribution in [0, 0.1) is 0 Å². The van der Waals surface area contributed by atoms with Crippen molar-refractivity contribution in [1.82, 2.24) is 9.88 Å². The number of hydrogen-bond acceptors (Lipinski definition) is 4. The molecule has 1 aromatic rings. The summed E-state index contributed by atoms with van der Waals surface area (Å²) in [6.07, 6.45) is 6.08. The number of hydrogen-bond donors (Lipinski definition) is 0. The first-order valence-corrected chi connectivity index (χ1v) is 5.71. The van der Waals surface area contributed by atoms with Crippen molar-refractivity contribution < 1.29 is 4.79 Å². The Bertz CT molecular complexity index is 324. The summed E-state index contributed by atoms with van der Waals surface area (Å²) in [5, 5.41) is 1.09. The number of rotatable bonds is 3. The molecule has 0 spiro atoms. The second-order valence-electron chi connectivity index (χ2n) is 3.76. The Morgan fingerprint density at radius 3 is 3.21 bits per heavy atom. The molecule has 2 heterocycles. The summed E-state index contributed by atoms with van der Waals surface area (Å²) in [7, 11) is 2.16. The van der Waals surface area contributed by atoms with E-state index in [0.29, 0.717) is 6.04 Å². The van der Waals surface area contributed by atoms with Crippen LogP contribution in [-0.2, 0) is 6.42 Å². The van der Waals surface area contributed by atoms with Gasteiger partial charge in [-0.05, 0) is 26.4 Å². The molecule has 0 radical (unpaired) electrons. The molecule has 3 nitrogen and oxygen atoms in total. The second-order valence-corrected chi connectivity index (χ2v) is 4.90. The number of aromatic nitrogens is 1. The monoisotopic (exact) mass is 210 g/mol. The minimum atomic E-state index is 0.626. The molecule has 1 saturated heterocycles. The molecule has 2 rings (SSSR count). The highest BCUT2D eigenvalue weighted by Gasteiger charge is 2.21. The van der Waals surface area contributed by atoms with E-state index >= 15 is 0 Å². The lowest BCUT2D eigenvalue weighted by atomic mass is 10.1. The van der Waals surface area contributed by atoms with Crippen molar-refractivity contribution in [2.75, 3.05) is 13.6 Å². The lowest BCUT2D eigenvalue weighted by Gasteiger charge is -2.17. The van der Waals surface area contributed by atoms with Crippen molar-refractivity contribution >= 4 is 17.6 Å². The van der Waals surface area contributed by atoms with Gasteiger partial charge in [0.15, 0.2) is 6.29 Å². The molecular formula is C10H14N2OS. The van der Waals surface area contributed by atoms with Crippen molar-refractivity contribution in [3.05, 3.63) is 16.1 Å². The van der Waals surface area contributed by atoms with Gasteiger partial charge in [-0.1, -0.05) is 0 Å². The van der Waals surface area contributed by atoms with E-state index in [1.165, 1.54) is 30.7 Å². The summed E-state index contributed by atoms with van der Waals surface area (Å²) >= 11 is 1.52. The molecule has 4 heteroatoms. The topological polar surface area (TPSA) is 33.2 Å². The van der Waals surface area contributed by atoms with Crippen molar-refractivity contribution in [2.24, 2.45) is 0 Å². The van der Waals surface area contributed by atoms with Crippen LogP contribution in [0.2, 0.25) is 0 Å². The molecule has 1 unspecified atom stereocenters. The third-order valence-electron chi connectivity index (χ3n) is 2.77. The average molecular weight is 210 g/mol. The maximum Gasteiger partial charge on any atom is 0.161 e. The van der Waals surface area contributed by atoms with Gasteiger partial charge in [-0.3, -0.25) is 4.79 Å². The first-order chi connectivity index (χ1) is 6.79. The lowest BCUT2D eigenvalue weighted by molar-refractivity contribution is 0.112. The highest BCUT2D eigenvalue weighted by atomic mass is 32.1. The summed E-state index contributed by atoms with van der Waals surface area (Å²) in [5.74, 6) is 0. The van der Waals surface area contributed by atoms with Gasteiger partial charge in [0.25, 0.3) is 0 Å². The maximum absolute atomic E-state index is 10.5. The molecule has 76 valence electrons. The van der Waals surface area contributed by atoms with Gasteiger partial charge in [0.05, 0.1) is 9.88 Å². The zero-order valence-corrected chi connectivity index (χ0v) is 9.09. The Labute approximate surface area is 87.8 Å². The molecule has 1 aromatic heterocycles. The molecule has 1 atom stereocenters. The van der Waals surface area contributed by atoms with Crippen LogP contribution in [0.4, 0.5) is 0 Å². The maximum atomic E-state index is 10.5. The molecule has 0 saturated carbocycles. The molecule has 1 aliphatic rings. The van der Waals surface area contributed by atoms with Crippen LogP contribution in [0.15, 0.2) is 6.20 Å². The minimum absolute atomic E-state index is 0.626. The van der Waals surface area contributed by atoms with Crippen LogP contribution in [0.3, 0.4) is 0 Å². The van der Waals surface area contributed by atoms with E-state index in [4.69, 9.17) is 0 Å². The van der Waals surface area contributed by atoms with Crippen molar-refractivity contribution in [3.63, 3.8) is 0 Å². The van der Waals surface area contributed by atoms with Crippen molar-refractivity contribution in [3.8, 4) is 0 Å². The van der Waals surface area contributed by atoms with Gasteiger partial charge in [-0.15, -0.1) is 11.3 Å². The van der Waals surface area contributed by atoms with Crippen LogP contribution >= 0.6 is 11.3 Å². The van der Waals surface area contributed by atoms with Crippen LogP contribution < -0.4 is 0 Å². The zero-order valence-electron chi connectivity index (χ0n) is 8.27. The number of carbonyl (C=O) groups is 1. The van der Waals surface area contributed by atoms with Crippen molar-refractivity contribution in [1.29, 1.82) is 0 Å². The fraction of sp³-hybridized carbons (Fsp3) is 0.600. The van der Waals surface area contributed by atoms with Gasteiger partial charge in [-0.25, -0.2) is 4.98 Å². The molecular weight excluding hydrogens is 196 g/mol. The molecule has 0 N–H and O–H groups in total. The summed E-state index contributed by atoms with van der Waals surface area (Å²) < 4.78 is 0. The molecule has 14 heavy (non-hydrogen) atoms. The van der Waals surface area contributed by atoms with E-state index in [0.717, 1.165) is 22.6 Å². The van der Waals surface area contributed by atoms with Crippen LogP contribution in [-0.4, -0.2) is 35.8 Å². The Morgan fingerprint density at radius 1 is 1.79 bits per heavy atom. The number of likely N-dealkylation sites (N-methyl/N-ethyl adjacent to an activating group) is 1. The predicted molar refractivity (Wildman–Crippen MR) is 56.9 cm³/mol. The summed E-state index contributed by atoms with van der Waals surface area (Å²) in [6.45, 7) is 1.19. The first kappa shape index (κ1) is 9.80. The molecule has 1 aliphatic heterocycles. The number of likely N-dealkylation sites (tertiary alicyclic amines) is 1. The van der Waals surface area contributed by atoms with Gasteiger partial charge in [0, 0.05) is 18.7 Å². The first-order valence-electron chi connectivity index (χ1n) is 4.89. The van der Waals surface area contributed by atoms with E-state index in [1.54, 1.807) is 6.20 Å². The Hall–Kier alpha value is -0.740. The van der Waals surface area contributed by atoms with Gasteiger partial charge < -0.3 is 4.90 Å². The zero-order chi connectivity index (χ0) is 9.97. The standard InChI is InChI=1S/C10H14N2OS/c1-12-4-2-3-8(12)5-10-11-6-9(7-13)14-10/h6-8H,2-5H2,1H3. The summed E-state index contributed by atoms with van der Waals surface area (Å²) in [6, 6.07) is 0.626. The average Bonchev–Trinajstić information content (AvgIpc) is 2.77. The van der Waals surface area contributed by atoms with E-state index in [2.05, 4.69) is 16.9 Å². The van der Waals surface area contributed by atoms with Crippen LogP contribution in [0.5, 0.6) is 0 Å². The Morgan fingerprint density at radius 2 is 2.64 bits per heavy atom. The fourth-order valence-electron chi connectivity index (χ4n) is 1.91. The van der Waals surface area contributed by atoms with Gasteiger partial charge in [0.1, 0.15) is 0 Å². The highest BCUT2D eigenvalue weighted by molar-refractivity contribution is 7.13. The number of aldehydes is 1. The third kappa shape index (κ3) is 2.01. The van der Waals surface area contributed by atoms with E-state index in [1.807, 2.05) is 0 Å². The normalized spacial score (nSPS) is 22.8. The van der Waals surface area contributed by atoms with Crippen LogP contribution in [0.1, 0.15) is 27.5 Å². The van der Waals surface area contributed by atoms with Crippen LogP contribution in [0.25, 0.3) is 0 Å². The molecule has 0 amide bonds.